The van der Waals surface area contributed by atoms with Crippen LogP contribution < -0.4 is 20.9 Å². The lowest BCUT2D eigenvalue weighted by molar-refractivity contribution is 0.334. The summed E-state index contributed by atoms with van der Waals surface area (Å²) in [4.78, 5) is 10.3. The maximum Gasteiger partial charge on any atom is 0.127 e. The number of hydrogen-bond acceptors (Lipinski definition) is 3. The minimum Gasteiger partial charge on any atom is -0.341 e. The van der Waals surface area contributed by atoms with E-state index in [1.165, 1.54) is 11.3 Å². The lowest BCUT2D eigenvalue weighted by Gasteiger charge is -2.41. The first-order valence-electron chi connectivity index (χ1n) is 8.30. The van der Waals surface area contributed by atoms with E-state index in [4.69, 9.17) is 0 Å². The Morgan fingerprint density at radius 2 is 2.08 bits per heavy atom. The highest BCUT2D eigenvalue weighted by molar-refractivity contribution is 5.71. The normalized spacial score (nSPS) is 19.3. The Kier molecular flexibility index (Phi) is 3.43. The molecule has 0 radical (unpaired) electrons. The van der Waals surface area contributed by atoms with Crippen LogP contribution in [0.1, 0.15) is 18.3 Å². The number of aromatic nitrogens is 2. The number of allylic oxidation sites excluding steroid dienone is 2. The van der Waals surface area contributed by atoms with Crippen molar-refractivity contribution in [3.8, 4) is 0 Å². The number of H-pyrrole nitrogens is 1. The molecule has 1 aromatic heterocycles. The number of nitrogens with zero attached hydrogens (tertiary/aromatic N) is 2. The Bertz CT molecular complexity index is 931. The Balaban J connectivity index is 1.71. The van der Waals surface area contributed by atoms with Crippen molar-refractivity contribution in [2.24, 2.45) is 0 Å². The van der Waals surface area contributed by atoms with Gasteiger partial charge in [-0.25, -0.2) is 4.98 Å². The summed E-state index contributed by atoms with van der Waals surface area (Å²) in [6, 6.07) is 8.60. The Morgan fingerprint density at radius 3 is 2.79 bits per heavy atom. The highest BCUT2D eigenvalue weighted by Crippen LogP contribution is 2.49. The zero-order valence-corrected chi connectivity index (χ0v) is 14.0. The van der Waals surface area contributed by atoms with E-state index < -0.39 is 0 Å². The molecule has 0 bridgehead atoms. The number of para-hydroxylation sites is 1. The zero-order valence-electron chi connectivity index (χ0n) is 14.0. The number of imidazole rings is 1. The van der Waals surface area contributed by atoms with Crippen LogP contribution in [0.25, 0.3) is 12.7 Å². The van der Waals surface area contributed by atoms with Gasteiger partial charge in [0.1, 0.15) is 5.82 Å². The number of anilines is 1. The van der Waals surface area contributed by atoms with E-state index in [-0.39, 0.29) is 5.41 Å². The molecule has 4 heteroatoms. The molecule has 0 aliphatic carbocycles. The van der Waals surface area contributed by atoms with E-state index in [1.807, 2.05) is 25.2 Å². The molecular weight excluding hydrogens is 296 g/mol. The first kappa shape index (κ1) is 15.0. The molecular formula is C20H22N4. The van der Waals surface area contributed by atoms with E-state index in [0.29, 0.717) is 6.54 Å². The van der Waals surface area contributed by atoms with Crippen molar-refractivity contribution in [2.75, 3.05) is 18.0 Å². The van der Waals surface area contributed by atoms with Gasteiger partial charge in [0.05, 0.1) is 22.7 Å². The number of fused-ring (bicyclic) bond motifs is 2. The van der Waals surface area contributed by atoms with Gasteiger partial charge in [-0.3, -0.25) is 0 Å². The van der Waals surface area contributed by atoms with E-state index >= 15 is 0 Å². The molecule has 2 aliphatic heterocycles. The van der Waals surface area contributed by atoms with Gasteiger partial charge in [-0.15, -0.1) is 0 Å². The quantitative estimate of drug-likeness (QED) is 0.902. The minimum absolute atomic E-state index is 0.0520. The topological polar surface area (TPSA) is 44.0 Å². The van der Waals surface area contributed by atoms with E-state index in [2.05, 4.69) is 57.6 Å². The molecule has 1 aromatic carbocycles. The fraction of sp³-hybridized carbons (Fsp3) is 0.250. The fourth-order valence-electron chi connectivity index (χ4n) is 3.65. The second-order valence-electron chi connectivity index (χ2n) is 6.48. The molecule has 1 fully saturated rings. The van der Waals surface area contributed by atoms with Crippen molar-refractivity contribution in [3.05, 3.63) is 70.8 Å². The van der Waals surface area contributed by atoms with Gasteiger partial charge in [-0.1, -0.05) is 43.5 Å². The van der Waals surface area contributed by atoms with Crippen molar-refractivity contribution in [3.63, 3.8) is 0 Å². The highest BCUT2D eigenvalue weighted by atomic mass is 15.2. The third-order valence-corrected chi connectivity index (χ3v) is 5.06. The number of rotatable bonds is 3. The first-order valence-corrected chi connectivity index (χ1v) is 8.30. The van der Waals surface area contributed by atoms with Gasteiger partial charge in [-0.05, 0) is 24.6 Å². The average Bonchev–Trinajstić information content (AvgIpc) is 3.01. The van der Waals surface area contributed by atoms with Gasteiger partial charge in [-0.2, -0.15) is 0 Å². The summed E-state index contributed by atoms with van der Waals surface area (Å²) in [5.41, 5.74) is 3.82. The summed E-state index contributed by atoms with van der Waals surface area (Å²) < 4.78 is 0. The van der Waals surface area contributed by atoms with Crippen LogP contribution in [0.15, 0.2) is 48.7 Å². The van der Waals surface area contributed by atoms with Gasteiger partial charge in [0.2, 0.25) is 0 Å². The summed E-state index contributed by atoms with van der Waals surface area (Å²) in [7, 11) is 0. The summed E-state index contributed by atoms with van der Waals surface area (Å²) in [6.07, 6.45) is 5.94. The molecule has 2 aliphatic rings. The maximum absolute atomic E-state index is 4.69. The van der Waals surface area contributed by atoms with Crippen LogP contribution in [0.4, 0.5) is 5.69 Å². The van der Waals surface area contributed by atoms with Gasteiger partial charge in [0.25, 0.3) is 0 Å². The number of hydrogen-bond donors (Lipinski definition) is 2. The van der Waals surface area contributed by atoms with Gasteiger partial charge in [0.15, 0.2) is 0 Å². The van der Waals surface area contributed by atoms with Crippen LogP contribution in [0.5, 0.6) is 0 Å². The van der Waals surface area contributed by atoms with Crippen LogP contribution in [-0.4, -0.2) is 23.1 Å². The van der Waals surface area contributed by atoms with Gasteiger partial charge < -0.3 is 15.2 Å². The second kappa shape index (κ2) is 5.49. The average molecular weight is 318 g/mol. The molecule has 4 nitrogen and oxygen atoms in total. The Hall–Kier alpha value is -2.59. The van der Waals surface area contributed by atoms with Crippen molar-refractivity contribution in [1.82, 2.24) is 15.3 Å². The summed E-state index contributed by atoms with van der Waals surface area (Å²) >= 11 is 0. The molecule has 3 heterocycles. The second-order valence-corrected chi connectivity index (χ2v) is 6.48. The standard InChI is InChI=1S/C20H22N4/c1-4-5-9-17-14(2)22-19(23-17)11-24-15(3)20(12-21-13-20)16-8-6-7-10-18(16)24/h4-10,21H,2-3,11-13H2,1H3,(H,22,23)/b5-4-,17-9+. The van der Waals surface area contributed by atoms with E-state index in [0.717, 1.165) is 35.3 Å². The monoisotopic (exact) mass is 318 g/mol. The third kappa shape index (κ3) is 2.07. The summed E-state index contributed by atoms with van der Waals surface area (Å²) in [5, 5.41) is 5.14. The molecule has 122 valence electrons. The molecule has 0 atom stereocenters. The van der Waals surface area contributed by atoms with Crippen molar-refractivity contribution < 1.29 is 0 Å². The Morgan fingerprint density at radius 1 is 1.29 bits per heavy atom. The molecule has 24 heavy (non-hydrogen) atoms. The predicted molar refractivity (Wildman–Crippen MR) is 99.0 cm³/mol. The third-order valence-electron chi connectivity index (χ3n) is 5.06. The molecule has 2 N–H and O–H groups in total. The summed E-state index contributed by atoms with van der Waals surface area (Å²) in [5.74, 6) is 0.913. The molecule has 0 amide bonds. The number of aromatic amines is 1. The van der Waals surface area contributed by atoms with Crippen LogP contribution in [0, 0.1) is 0 Å². The Labute approximate surface area is 141 Å². The number of nitrogens with one attached hydrogen (secondary N) is 2. The maximum atomic E-state index is 4.69. The fourth-order valence-corrected chi connectivity index (χ4v) is 3.65. The van der Waals surface area contributed by atoms with Crippen molar-refractivity contribution >= 4 is 18.3 Å². The molecule has 2 aromatic rings. The highest BCUT2D eigenvalue weighted by Gasteiger charge is 2.50. The summed E-state index contributed by atoms with van der Waals surface area (Å²) in [6.45, 7) is 13.1. The lowest BCUT2D eigenvalue weighted by Crippen LogP contribution is -2.57. The van der Waals surface area contributed by atoms with Crippen LogP contribution >= 0.6 is 0 Å². The van der Waals surface area contributed by atoms with Crippen molar-refractivity contribution in [2.45, 2.75) is 18.9 Å². The molecule has 0 unspecified atom stereocenters. The largest absolute Gasteiger partial charge is 0.341 e. The first-order chi connectivity index (χ1) is 11.7. The molecule has 0 saturated carbocycles. The van der Waals surface area contributed by atoms with E-state index in [9.17, 15) is 0 Å². The zero-order chi connectivity index (χ0) is 16.7. The van der Waals surface area contributed by atoms with Gasteiger partial charge in [0, 0.05) is 24.5 Å². The van der Waals surface area contributed by atoms with Gasteiger partial charge >= 0.3 is 0 Å². The smallest absolute Gasteiger partial charge is 0.127 e. The van der Waals surface area contributed by atoms with Crippen molar-refractivity contribution in [1.29, 1.82) is 0 Å². The van der Waals surface area contributed by atoms with Crippen LogP contribution in [0.2, 0.25) is 0 Å². The van der Waals surface area contributed by atoms with E-state index in [1.54, 1.807) is 0 Å². The van der Waals surface area contributed by atoms with Crippen LogP contribution in [-0.2, 0) is 12.0 Å². The predicted octanol–water partition coefficient (Wildman–Crippen LogP) is 1.55. The molecule has 4 rings (SSSR count). The molecule has 1 spiro atoms. The lowest BCUT2D eigenvalue weighted by atomic mass is 9.75. The molecule has 1 saturated heterocycles. The minimum atomic E-state index is 0.0520. The number of benzene rings is 1. The SMILES string of the molecule is C=C1N(Cc2n/c(=C/C=C\C)c(=C)[nH]2)c2ccccc2C12CNC2. The van der Waals surface area contributed by atoms with Crippen LogP contribution in [0.3, 0.4) is 0 Å².